The molecule has 0 aliphatic rings. The van der Waals surface area contributed by atoms with Crippen LogP contribution in [0.5, 0.6) is 0 Å². The number of aryl methyl sites for hydroxylation is 1. The van der Waals surface area contributed by atoms with Crippen LogP contribution in [0.15, 0.2) is 18.5 Å². The van der Waals surface area contributed by atoms with Gasteiger partial charge in [-0.2, -0.15) is 0 Å². The molecule has 0 saturated carbocycles. The summed E-state index contributed by atoms with van der Waals surface area (Å²) in [6.45, 7) is 4.84. The van der Waals surface area contributed by atoms with Crippen LogP contribution in [0.2, 0.25) is 0 Å². The number of nitrogens with zero attached hydrogens (tertiary/aromatic N) is 1. The molecule has 0 aliphatic heterocycles. The van der Waals surface area contributed by atoms with Gasteiger partial charge in [0.2, 0.25) is 0 Å². The van der Waals surface area contributed by atoms with Crippen LogP contribution in [0.25, 0.3) is 0 Å². The van der Waals surface area contributed by atoms with Crippen molar-refractivity contribution in [2.45, 2.75) is 19.9 Å². The minimum absolute atomic E-state index is 0.313. The molecule has 0 amide bonds. The second-order valence-electron chi connectivity index (χ2n) is 3.19. The molecule has 0 fully saturated rings. The third-order valence-corrected chi connectivity index (χ3v) is 1.86. The molecule has 72 valence electrons. The maximum atomic E-state index is 5.03. The molecule has 0 saturated heterocycles. The van der Waals surface area contributed by atoms with Crippen molar-refractivity contribution < 1.29 is 4.74 Å². The van der Waals surface area contributed by atoms with E-state index in [-0.39, 0.29) is 0 Å². The van der Waals surface area contributed by atoms with Crippen LogP contribution in [-0.4, -0.2) is 24.7 Å². The molecule has 0 radical (unpaired) electrons. The van der Waals surface area contributed by atoms with Crippen LogP contribution in [0, 0.1) is 6.92 Å². The van der Waals surface area contributed by atoms with E-state index < -0.39 is 0 Å². The number of methoxy groups -OCH3 is 1. The molecule has 3 nitrogen and oxygen atoms in total. The Bertz CT molecular complexity index is 263. The summed E-state index contributed by atoms with van der Waals surface area (Å²) in [5.74, 6) is 0. The lowest BCUT2D eigenvalue weighted by atomic mass is 10.2. The largest absolute Gasteiger partial charge is 0.383 e. The van der Waals surface area contributed by atoms with Crippen LogP contribution in [0.1, 0.15) is 12.5 Å². The van der Waals surface area contributed by atoms with Gasteiger partial charge in [-0.3, -0.25) is 4.98 Å². The summed E-state index contributed by atoms with van der Waals surface area (Å²) < 4.78 is 5.03. The predicted octanol–water partition coefficient (Wildman–Crippen LogP) is 1.84. The van der Waals surface area contributed by atoms with Gasteiger partial charge >= 0.3 is 0 Å². The van der Waals surface area contributed by atoms with Crippen molar-refractivity contribution in [2.75, 3.05) is 19.0 Å². The van der Waals surface area contributed by atoms with E-state index in [2.05, 4.69) is 24.1 Å². The first kappa shape index (κ1) is 9.99. The third-order valence-electron chi connectivity index (χ3n) is 1.86. The van der Waals surface area contributed by atoms with E-state index in [1.165, 1.54) is 5.56 Å². The van der Waals surface area contributed by atoms with E-state index in [1.54, 1.807) is 13.3 Å². The number of aromatic nitrogens is 1. The minimum Gasteiger partial charge on any atom is -0.383 e. The Kier molecular flexibility index (Phi) is 3.71. The molecule has 0 bridgehead atoms. The molecule has 13 heavy (non-hydrogen) atoms. The van der Waals surface area contributed by atoms with Gasteiger partial charge in [0.15, 0.2) is 0 Å². The van der Waals surface area contributed by atoms with Crippen molar-refractivity contribution in [3.8, 4) is 0 Å². The molecule has 1 atom stereocenters. The molecule has 0 aromatic carbocycles. The van der Waals surface area contributed by atoms with Crippen LogP contribution in [-0.2, 0) is 4.74 Å². The monoisotopic (exact) mass is 180 g/mol. The van der Waals surface area contributed by atoms with Crippen LogP contribution < -0.4 is 5.32 Å². The van der Waals surface area contributed by atoms with E-state index >= 15 is 0 Å². The number of nitrogens with one attached hydrogen (secondary N) is 1. The number of pyridine rings is 1. The van der Waals surface area contributed by atoms with Gasteiger partial charge in [0, 0.05) is 19.3 Å². The minimum atomic E-state index is 0.313. The van der Waals surface area contributed by atoms with E-state index in [4.69, 9.17) is 4.74 Å². The number of hydrogen-bond donors (Lipinski definition) is 1. The first-order chi connectivity index (χ1) is 6.24. The molecule has 0 aliphatic carbocycles. The van der Waals surface area contributed by atoms with Gasteiger partial charge in [0.25, 0.3) is 0 Å². The molecule has 0 unspecified atom stereocenters. The van der Waals surface area contributed by atoms with Crippen molar-refractivity contribution in [3.05, 3.63) is 24.0 Å². The first-order valence-electron chi connectivity index (χ1n) is 4.40. The van der Waals surface area contributed by atoms with Crippen molar-refractivity contribution in [1.29, 1.82) is 0 Å². The fourth-order valence-electron chi connectivity index (χ4n) is 1.17. The van der Waals surface area contributed by atoms with E-state index in [9.17, 15) is 0 Å². The molecule has 1 aromatic rings. The van der Waals surface area contributed by atoms with Gasteiger partial charge in [0.1, 0.15) is 0 Å². The lowest BCUT2D eigenvalue weighted by Crippen LogP contribution is -2.21. The van der Waals surface area contributed by atoms with Gasteiger partial charge in [-0.1, -0.05) is 0 Å². The third kappa shape index (κ3) is 3.03. The molecule has 1 heterocycles. The summed E-state index contributed by atoms with van der Waals surface area (Å²) in [5, 5.41) is 3.32. The molecule has 1 N–H and O–H groups in total. The highest BCUT2D eigenvalue weighted by Gasteiger charge is 2.02. The summed E-state index contributed by atoms with van der Waals surface area (Å²) in [4.78, 5) is 4.06. The van der Waals surface area contributed by atoms with Gasteiger partial charge in [0.05, 0.1) is 18.5 Å². The van der Waals surface area contributed by atoms with Crippen molar-refractivity contribution in [1.82, 2.24) is 4.98 Å². The van der Waals surface area contributed by atoms with Crippen LogP contribution in [0.4, 0.5) is 5.69 Å². The van der Waals surface area contributed by atoms with Gasteiger partial charge in [-0.25, -0.2) is 0 Å². The summed E-state index contributed by atoms with van der Waals surface area (Å²) in [5.41, 5.74) is 2.28. The molecular formula is C10H16N2O. The predicted molar refractivity (Wildman–Crippen MR) is 53.9 cm³/mol. The zero-order valence-electron chi connectivity index (χ0n) is 8.37. The lowest BCUT2D eigenvalue weighted by molar-refractivity contribution is 0.190. The Labute approximate surface area is 79.1 Å². The summed E-state index contributed by atoms with van der Waals surface area (Å²) in [7, 11) is 1.70. The maximum absolute atomic E-state index is 5.03. The summed E-state index contributed by atoms with van der Waals surface area (Å²) >= 11 is 0. The second kappa shape index (κ2) is 4.82. The smallest absolute Gasteiger partial charge is 0.0661 e. The highest BCUT2D eigenvalue weighted by Crippen LogP contribution is 2.12. The quantitative estimate of drug-likeness (QED) is 0.767. The number of hydrogen-bond acceptors (Lipinski definition) is 3. The average Bonchev–Trinajstić information content (AvgIpc) is 2.09. The highest BCUT2D eigenvalue weighted by atomic mass is 16.5. The Morgan fingerprint density at radius 3 is 3.00 bits per heavy atom. The molecule has 3 heteroatoms. The van der Waals surface area contributed by atoms with Crippen molar-refractivity contribution >= 4 is 5.69 Å². The number of ether oxygens (including phenoxy) is 1. The second-order valence-corrected chi connectivity index (χ2v) is 3.19. The van der Waals surface area contributed by atoms with Crippen LogP contribution >= 0.6 is 0 Å². The molecule has 1 aromatic heterocycles. The van der Waals surface area contributed by atoms with Crippen LogP contribution in [0.3, 0.4) is 0 Å². The first-order valence-corrected chi connectivity index (χ1v) is 4.40. The molecule has 1 rings (SSSR count). The number of anilines is 1. The summed E-state index contributed by atoms with van der Waals surface area (Å²) in [6.07, 6.45) is 3.63. The Balaban J connectivity index is 2.58. The average molecular weight is 180 g/mol. The van der Waals surface area contributed by atoms with E-state index in [0.29, 0.717) is 12.6 Å². The lowest BCUT2D eigenvalue weighted by Gasteiger charge is -2.15. The SMILES string of the molecule is COC[C@@H](C)Nc1cnccc1C. The topological polar surface area (TPSA) is 34.1 Å². The Morgan fingerprint density at radius 2 is 2.38 bits per heavy atom. The summed E-state index contributed by atoms with van der Waals surface area (Å²) in [6, 6.07) is 2.30. The van der Waals surface area contributed by atoms with Crippen molar-refractivity contribution in [2.24, 2.45) is 0 Å². The molecule has 0 spiro atoms. The highest BCUT2D eigenvalue weighted by molar-refractivity contribution is 5.48. The Hall–Kier alpha value is -1.09. The zero-order chi connectivity index (χ0) is 9.68. The standard InChI is InChI=1S/C10H16N2O/c1-8-4-5-11-6-10(8)12-9(2)7-13-3/h4-6,9,12H,7H2,1-3H3/t9-/m1/s1. The fraction of sp³-hybridized carbons (Fsp3) is 0.500. The van der Waals surface area contributed by atoms with Gasteiger partial charge < -0.3 is 10.1 Å². The maximum Gasteiger partial charge on any atom is 0.0661 e. The Morgan fingerprint density at radius 1 is 1.62 bits per heavy atom. The van der Waals surface area contributed by atoms with Gasteiger partial charge in [-0.15, -0.1) is 0 Å². The normalized spacial score (nSPS) is 12.5. The zero-order valence-corrected chi connectivity index (χ0v) is 8.37. The fourth-order valence-corrected chi connectivity index (χ4v) is 1.17. The number of rotatable bonds is 4. The van der Waals surface area contributed by atoms with Gasteiger partial charge in [-0.05, 0) is 25.5 Å². The van der Waals surface area contributed by atoms with E-state index in [0.717, 1.165) is 5.69 Å². The van der Waals surface area contributed by atoms with Crippen molar-refractivity contribution in [3.63, 3.8) is 0 Å². The molecular weight excluding hydrogens is 164 g/mol. The van der Waals surface area contributed by atoms with E-state index in [1.807, 2.05) is 12.3 Å².